The molecule has 0 heterocycles. The van der Waals surface area contributed by atoms with Crippen LogP contribution >= 0.6 is 11.6 Å². The van der Waals surface area contributed by atoms with Gasteiger partial charge in [0.2, 0.25) is 0 Å². The van der Waals surface area contributed by atoms with E-state index in [0.29, 0.717) is 23.6 Å². The molecule has 3 heteroatoms. The first-order valence-corrected chi connectivity index (χ1v) is 5.96. The first-order chi connectivity index (χ1) is 7.69. The number of benzene rings is 1. The molecule has 0 aliphatic carbocycles. The predicted molar refractivity (Wildman–Crippen MR) is 66.6 cm³/mol. The maximum atomic E-state index is 11.9. The van der Waals surface area contributed by atoms with Gasteiger partial charge in [0, 0.05) is 12.3 Å². The summed E-state index contributed by atoms with van der Waals surface area (Å²) < 4.78 is 5.18. The highest BCUT2D eigenvalue weighted by molar-refractivity contribution is 6.17. The second-order valence-electron chi connectivity index (χ2n) is 3.77. The van der Waals surface area contributed by atoms with Crippen molar-refractivity contribution in [2.75, 3.05) is 13.0 Å². The molecule has 2 nitrogen and oxygen atoms in total. The van der Waals surface area contributed by atoms with E-state index in [4.69, 9.17) is 16.3 Å². The van der Waals surface area contributed by atoms with Gasteiger partial charge in [0.25, 0.3) is 0 Å². The van der Waals surface area contributed by atoms with Crippen LogP contribution in [0.3, 0.4) is 0 Å². The van der Waals surface area contributed by atoms with Crippen LogP contribution in [0.4, 0.5) is 0 Å². The Kier molecular flexibility index (Phi) is 5.33. The lowest BCUT2D eigenvalue weighted by atomic mass is 10.0. The molecule has 1 aromatic carbocycles. The number of unbranched alkanes of at least 4 members (excludes halogenated alkanes) is 1. The topological polar surface area (TPSA) is 26.3 Å². The van der Waals surface area contributed by atoms with Crippen LogP contribution < -0.4 is 4.74 Å². The molecule has 0 amide bonds. The van der Waals surface area contributed by atoms with Gasteiger partial charge in [0.15, 0.2) is 5.78 Å². The van der Waals surface area contributed by atoms with Gasteiger partial charge >= 0.3 is 0 Å². The third-order valence-corrected chi connectivity index (χ3v) is 2.71. The number of rotatable bonds is 6. The van der Waals surface area contributed by atoms with Gasteiger partial charge in [0.05, 0.1) is 12.7 Å². The average molecular weight is 241 g/mol. The number of methoxy groups -OCH3 is 1. The van der Waals surface area contributed by atoms with E-state index in [-0.39, 0.29) is 5.78 Å². The number of carbonyl (C=O) groups excluding carboxylic acids is 1. The lowest BCUT2D eigenvalue weighted by Crippen LogP contribution is -2.02. The van der Waals surface area contributed by atoms with Crippen LogP contribution in [0.25, 0.3) is 0 Å². The molecule has 1 aromatic rings. The monoisotopic (exact) mass is 240 g/mol. The highest BCUT2D eigenvalue weighted by Crippen LogP contribution is 2.21. The zero-order chi connectivity index (χ0) is 12.0. The lowest BCUT2D eigenvalue weighted by Gasteiger charge is -2.08. The molecule has 0 aliphatic heterocycles. The van der Waals surface area contributed by atoms with E-state index >= 15 is 0 Å². The van der Waals surface area contributed by atoms with Gasteiger partial charge < -0.3 is 4.74 Å². The van der Waals surface area contributed by atoms with Crippen LogP contribution in [0.15, 0.2) is 18.2 Å². The first kappa shape index (κ1) is 13.0. The van der Waals surface area contributed by atoms with Crippen molar-refractivity contribution < 1.29 is 9.53 Å². The van der Waals surface area contributed by atoms with Crippen molar-refractivity contribution in [3.05, 3.63) is 29.3 Å². The molecular weight excluding hydrogens is 224 g/mol. The largest absolute Gasteiger partial charge is 0.496 e. The van der Waals surface area contributed by atoms with Gasteiger partial charge in [0.1, 0.15) is 5.75 Å². The minimum Gasteiger partial charge on any atom is -0.496 e. The van der Waals surface area contributed by atoms with Crippen molar-refractivity contribution in [2.45, 2.75) is 26.2 Å². The van der Waals surface area contributed by atoms with E-state index in [9.17, 15) is 4.79 Å². The van der Waals surface area contributed by atoms with E-state index in [0.717, 1.165) is 18.4 Å². The summed E-state index contributed by atoms with van der Waals surface area (Å²) in [4.78, 5) is 11.9. The van der Waals surface area contributed by atoms with Crippen molar-refractivity contribution in [1.29, 1.82) is 0 Å². The van der Waals surface area contributed by atoms with E-state index in [2.05, 4.69) is 0 Å². The molecule has 0 N–H and O–H groups in total. The fraction of sp³-hybridized carbons (Fsp3) is 0.462. The van der Waals surface area contributed by atoms with Crippen molar-refractivity contribution in [1.82, 2.24) is 0 Å². The van der Waals surface area contributed by atoms with Gasteiger partial charge in [-0.25, -0.2) is 0 Å². The molecule has 88 valence electrons. The molecule has 1 rings (SSSR count). The average Bonchev–Trinajstić information content (AvgIpc) is 2.29. The van der Waals surface area contributed by atoms with Gasteiger partial charge in [-0.15, -0.1) is 11.6 Å². The number of aryl methyl sites for hydroxylation is 1. The summed E-state index contributed by atoms with van der Waals surface area (Å²) in [6, 6.07) is 5.65. The molecule has 0 bridgehead atoms. The Morgan fingerprint density at radius 2 is 2.12 bits per heavy atom. The standard InChI is InChI=1S/C13H17ClO2/c1-10-6-7-13(16-2)11(9-10)12(15)5-3-4-8-14/h6-7,9H,3-5,8H2,1-2H3. The zero-order valence-corrected chi connectivity index (χ0v) is 10.5. The molecule has 16 heavy (non-hydrogen) atoms. The fourth-order valence-electron chi connectivity index (χ4n) is 1.55. The molecule has 0 radical (unpaired) electrons. The molecule has 0 aromatic heterocycles. The summed E-state index contributed by atoms with van der Waals surface area (Å²) in [6.07, 6.45) is 2.24. The summed E-state index contributed by atoms with van der Waals surface area (Å²) in [6.45, 7) is 1.97. The number of hydrogen-bond acceptors (Lipinski definition) is 2. The quantitative estimate of drug-likeness (QED) is 0.432. The van der Waals surface area contributed by atoms with Crippen LogP contribution in [-0.4, -0.2) is 18.8 Å². The first-order valence-electron chi connectivity index (χ1n) is 5.43. The Bertz CT molecular complexity index is 361. The number of hydrogen-bond donors (Lipinski definition) is 0. The summed E-state index contributed by atoms with van der Waals surface area (Å²) in [7, 11) is 1.58. The number of alkyl halides is 1. The fourth-order valence-corrected chi connectivity index (χ4v) is 1.74. The minimum atomic E-state index is 0.130. The number of Topliss-reactive ketones (excluding diaryl/α,β-unsaturated/α-hetero) is 1. The van der Waals surface area contributed by atoms with Crippen LogP contribution in [0.1, 0.15) is 35.2 Å². The van der Waals surface area contributed by atoms with Crippen LogP contribution in [-0.2, 0) is 0 Å². The van der Waals surface area contributed by atoms with E-state index in [1.807, 2.05) is 25.1 Å². The Morgan fingerprint density at radius 1 is 1.38 bits per heavy atom. The van der Waals surface area contributed by atoms with Gasteiger partial charge in [-0.3, -0.25) is 4.79 Å². The number of ketones is 1. The van der Waals surface area contributed by atoms with Gasteiger partial charge in [-0.1, -0.05) is 11.6 Å². The molecule has 0 spiro atoms. The Hall–Kier alpha value is -1.02. The van der Waals surface area contributed by atoms with Crippen LogP contribution in [0, 0.1) is 6.92 Å². The molecule has 0 saturated carbocycles. The number of carbonyl (C=O) groups is 1. The molecule has 0 fully saturated rings. The predicted octanol–water partition coefficient (Wildman–Crippen LogP) is 3.60. The molecular formula is C13H17ClO2. The van der Waals surface area contributed by atoms with Crippen LogP contribution in [0.2, 0.25) is 0 Å². The number of halogens is 1. The zero-order valence-electron chi connectivity index (χ0n) is 9.75. The third kappa shape index (κ3) is 3.53. The maximum absolute atomic E-state index is 11.9. The maximum Gasteiger partial charge on any atom is 0.166 e. The van der Waals surface area contributed by atoms with E-state index in [1.54, 1.807) is 7.11 Å². The van der Waals surface area contributed by atoms with Crippen molar-refractivity contribution in [3.63, 3.8) is 0 Å². The van der Waals surface area contributed by atoms with Gasteiger partial charge in [-0.05, 0) is 31.9 Å². The Balaban J connectivity index is 2.76. The second-order valence-corrected chi connectivity index (χ2v) is 4.15. The molecule has 0 saturated heterocycles. The molecule has 0 unspecified atom stereocenters. The highest BCUT2D eigenvalue weighted by Gasteiger charge is 2.11. The number of ether oxygens (including phenoxy) is 1. The minimum absolute atomic E-state index is 0.130. The Morgan fingerprint density at radius 3 is 2.75 bits per heavy atom. The normalized spacial score (nSPS) is 10.2. The summed E-state index contributed by atoms with van der Waals surface area (Å²) in [5, 5.41) is 0. The van der Waals surface area contributed by atoms with E-state index in [1.165, 1.54) is 0 Å². The smallest absolute Gasteiger partial charge is 0.166 e. The lowest BCUT2D eigenvalue weighted by molar-refractivity contribution is 0.0977. The SMILES string of the molecule is COc1ccc(C)cc1C(=O)CCCCCl. The second kappa shape index (κ2) is 6.54. The van der Waals surface area contributed by atoms with Crippen LogP contribution in [0.5, 0.6) is 5.75 Å². The van der Waals surface area contributed by atoms with Gasteiger partial charge in [-0.2, -0.15) is 0 Å². The van der Waals surface area contributed by atoms with E-state index < -0.39 is 0 Å². The Labute approximate surface area is 102 Å². The summed E-state index contributed by atoms with van der Waals surface area (Å²) >= 11 is 5.58. The van der Waals surface area contributed by atoms with Crippen molar-refractivity contribution in [2.24, 2.45) is 0 Å². The molecule has 0 atom stereocenters. The third-order valence-electron chi connectivity index (χ3n) is 2.44. The van der Waals surface area contributed by atoms with Crippen molar-refractivity contribution in [3.8, 4) is 5.75 Å². The van der Waals surface area contributed by atoms with Crippen molar-refractivity contribution >= 4 is 17.4 Å². The molecule has 0 aliphatic rings. The highest BCUT2D eigenvalue weighted by atomic mass is 35.5. The summed E-state index contributed by atoms with van der Waals surface area (Å²) in [5.74, 6) is 1.39. The summed E-state index contributed by atoms with van der Waals surface area (Å²) in [5.41, 5.74) is 1.75.